The Morgan fingerprint density at radius 1 is 1.50 bits per heavy atom. The Balaban J connectivity index is 2.44. The van der Waals surface area contributed by atoms with Crippen molar-refractivity contribution in [3.05, 3.63) is 28.3 Å². The number of hydrogen-bond donors (Lipinski definition) is 1. The quantitative estimate of drug-likeness (QED) is 0.890. The summed E-state index contributed by atoms with van der Waals surface area (Å²) in [5, 5.41) is 9.58. The second kappa shape index (κ2) is 4.81. The highest BCUT2D eigenvalue weighted by Gasteiger charge is 2.47. The molecule has 18 heavy (non-hydrogen) atoms. The van der Waals surface area contributed by atoms with E-state index in [1.165, 1.54) is 0 Å². The third-order valence-corrected chi connectivity index (χ3v) is 3.97. The summed E-state index contributed by atoms with van der Waals surface area (Å²) in [6.07, 6.45) is 2.89. The topological polar surface area (TPSA) is 46.5 Å². The molecule has 1 aliphatic rings. The van der Waals surface area contributed by atoms with E-state index >= 15 is 0 Å². The van der Waals surface area contributed by atoms with Gasteiger partial charge in [-0.3, -0.25) is 4.79 Å². The molecule has 0 heterocycles. The number of carboxylic acid groups (broad SMARTS) is 1. The molecular formula is C14H17ClO3. The van der Waals surface area contributed by atoms with Crippen LogP contribution in [0.3, 0.4) is 0 Å². The minimum atomic E-state index is -0.749. The second-order valence-electron chi connectivity index (χ2n) is 4.85. The molecule has 0 spiro atoms. The fourth-order valence-electron chi connectivity index (χ4n) is 2.52. The number of benzene rings is 1. The zero-order valence-electron chi connectivity index (χ0n) is 10.6. The number of aliphatic carboxylic acids is 1. The Bertz CT molecular complexity index is 478. The molecule has 1 fully saturated rings. The lowest BCUT2D eigenvalue weighted by Gasteiger charge is -2.19. The van der Waals surface area contributed by atoms with E-state index < -0.39 is 5.97 Å². The average Bonchev–Trinajstić information content (AvgIpc) is 3.08. The van der Waals surface area contributed by atoms with Gasteiger partial charge in [0.25, 0.3) is 0 Å². The summed E-state index contributed by atoms with van der Waals surface area (Å²) in [5.74, 6) is -0.0927. The molecule has 4 heteroatoms. The molecule has 1 N–H and O–H groups in total. The summed E-state index contributed by atoms with van der Waals surface area (Å²) in [7, 11) is 1.59. The van der Waals surface area contributed by atoms with E-state index in [2.05, 4.69) is 6.92 Å². The van der Waals surface area contributed by atoms with E-state index in [4.69, 9.17) is 21.4 Å². The highest BCUT2D eigenvalue weighted by Crippen LogP contribution is 2.53. The molecule has 0 atom stereocenters. The number of rotatable bonds is 5. The molecule has 0 amide bonds. The smallest absolute Gasteiger partial charge is 0.304 e. The largest absolute Gasteiger partial charge is 0.495 e. The van der Waals surface area contributed by atoms with Crippen molar-refractivity contribution in [1.29, 1.82) is 0 Å². The normalized spacial score (nSPS) is 16.4. The molecule has 0 aromatic heterocycles. The van der Waals surface area contributed by atoms with Crippen LogP contribution in [0.15, 0.2) is 12.1 Å². The summed E-state index contributed by atoms with van der Waals surface area (Å²) in [4.78, 5) is 11.0. The Kier molecular flexibility index (Phi) is 3.53. The lowest BCUT2D eigenvalue weighted by atomic mass is 9.87. The average molecular weight is 269 g/mol. The van der Waals surface area contributed by atoms with E-state index in [0.29, 0.717) is 10.8 Å². The Morgan fingerprint density at radius 3 is 2.61 bits per heavy atom. The Morgan fingerprint density at radius 2 is 2.17 bits per heavy atom. The Hall–Kier alpha value is -1.22. The van der Waals surface area contributed by atoms with Crippen LogP contribution in [0.1, 0.15) is 37.3 Å². The van der Waals surface area contributed by atoms with Gasteiger partial charge in [-0.15, -0.1) is 0 Å². The van der Waals surface area contributed by atoms with Crippen molar-refractivity contribution in [2.75, 3.05) is 7.11 Å². The van der Waals surface area contributed by atoms with Crippen LogP contribution in [0.4, 0.5) is 0 Å². The van der Waals surface area contributed by atoms with Gasteiger partial charge >= 0.3 is 5.97 Å². The molecule has 2 rings (SSSR count). The van der Waals surface area contributed by atoms with Crippen LogP contribution >= 0.6 is 11.6 Å². The summed E-state index contributed by atoms with van der Waals surface area (Å²) < 4.78 is 5.21. The zero-order chi connectivity index (χ0) is 13.3. The predicted molar refractivity (Wildman–Crippen MR) is 70.5 cm³/mol. The van der Waals surface area contributed by atoms with Crippen molar-refractivity contribution in [2.45, 2.75) is 38.0 Å². The molecule has 1 saturated carbocycles. The highest BCUT2D eigenvalue weighted by molar-refractivity contribution is 6.32. The number of carboxylic acids is 1. The van der Waals surface area contributed by atoms with Crippen LogP contribution in [0.5, 0.6) is 5.75 Å². The lowest BCUT2D eigenvalue weighted by molar-refractivity contribution is -0.137. The fourth-order valence-corrected chi connectivity index (χ4v) is 2.76. The number of hydrogen-bond acceptors (Lipinski definition) is 2. The minimum Gasteiger partial charge on any atom is -0.495 e. The summed E-state index contributed by atoms with van der Waals surface area (Å²) in [5.41, 5.74) is 2.01. The lowest BCUT2D eigenvalue weighted by Crippen LogP contribution is -2.15. The minimum absolute atomic E-state index is 0.183. The maximum atomic E-state index is 11.0. The molecule has 1 aromatic carbocycles. The van der Waals surface area contributed by atoms with Crippen molar-refractivity contribution >= 4 is 17.6 Å². The van der Waals surface area contributed by atoms with Gasteiger partial charge in [0.05, 0.1) is 18.6 Å². The van der Waals surface area contributed by atoms with Crippen LogP contribution in [-0.4, -0.2) is 18.2 Å². The first-order valence-corrected chi connectivity index (χ1v) is 6.49. The van der Waals surface area contributed by atoms with E-state index in [1.54, 1.807) is 7.11 Å². The Labute approximate surface area is 112 Å². The number of carbonyl (C=O) groups is 1. The summed E-state index contributed by atoms with van der Waals surface area (Å²) in [6.45, 7) is 2.06. The molecular weight excluding hydrogens is 252 g/mol. The van der Waals surface area contributed by atoms with E-state index in [9.17, 15) is 4.79 Å². The predicted octanol–water partition coefficient (Wildman–Crippen LogP) is 3.42. The van der Waals surface area contributed by atoms with Gasteiger partial charge in [-0.05, 0) is 42.5 Å². The third kappa shape index (κ3) is 2.32. The number of methoxy groups -OCH3 is 1. The zero-order valence-corrected chi connectivity index (χ0v) is 11.4. The van der Waals surface area contributed by atoms with Gasteiger partial charge in [0, 0.05) is 5.41 Å². The van der Waals surface area contributed by atoms with Gasteiger partial charge in [-0.2, -0.15) is 0 Å². The van der Waals surface area contributed by atoms with Crippen molar-refractivity contribution in [1.82, 2.24) is 0 Å². The van der Waals surface area contributed by atoms with E-state index in [1.807, 2.05) is 12.1 Å². The summed E-state index contributed by atoms with van der Waals surface area (Å²) >= 11 is 6.16. The van der Waals surface area contributed by atoms with Crippen LogP contribution in [0.2, 0.25) is 5.02 Å². The van der Waals surface area contributed by atoms with E-state index in [0.717, 1.165) is 30.4 Å². The highest BCUT2D eigenvalue weighted by atomic mass is 35.5. The first-order chi connectivity index (χ1) is 8.52. The van der Waals surface area contributed by atoms with Crippen molar-refractivity contribution in [2.24, 2.45) is 0 Å². The monoisotopic (exact) mass is 268 g/mol. The molecule has 98 valence electrons. The molecule has 1 aromatic rings. The van der Waals surface area contributed by atoms with Gasteiger partial charge in [-0.25, -0.2) is 0 Å². The second-order valence-corrected chi connectivity index (χ2v) is 5.26. The molecule has 0 bridgehead atoms. The number of aryl methyl sites for hydroxylation is 1. The van der Waals surface area contributed by atoms with Gasteiger partial charge in [0.15, 0.2) is 0 Å². The maximum Gasteiger partial charge on any atom is 0.304 e. The van der Waals surface area contributed by atoms with Gasteiger partial charge in [0.1, 0.15) is 5.75 Å². The molecule has 3 nitrogen and oxygen atoms in total. The third-order valence-electron chi connectivity index (χ3n) is 3.67. The number of ether oxygens (including phenoxy) is 1. The van der Waals surface area contributed by atoms with Crippen LogP contribution < -0.4 is 4.74 Å². The van der Waals surface area contributed by atoms with Crippen molar-refractivity contribution in [3.63, 3.8) is 0 Å². The standard InChI is InChI=1S/C14H17ClO3/c1-3-9-6-12(18-2)11(15)7-10(9)14(4-5-14)8-13(16)17/h6-7H,3-5,8H2,1-2H3,(H,16,17). The SMILES string of the molecule is CCc1cc(OC)c(Cl)cc1C1(CC(=O)O)CC1. The van der Waals surface area contributed by atoms with Crippen LogP contribution in [-0.2, 0) is 16.6 Å². The van der Waals surface area contributed by atoms with Crippen molar-refractivity contribution in [3.8, 4) is 5.75 Å². The molecule has 1 aliphatic carbocycles. The maximum absolute atomic E-state index is 11.0. The summed E-state index contributed by atoms with van der Waals surface area (Å²) in [6, 6.07) is 3.81. The fraction of sp³-hybridized carbons (Fsp3) is 0.500. The van der Waals surface area contributed by atoms with Gasteiger partial charge in [-0.1, -0.05) is 18.5 Å². The van der Waals surface area contributed by atoms with Crippen LogP contribution in [0.25, 0.3) is 0 Å². The van der Waals surface area contributed by atoms with Crippen molar-refractivity contribution < 1.29 is 14.6 Å². The molecule has 0 aliphatic heterocycles. The first-order valence-electron chi connectivity index (χ1n) is 6.11. The molecule has 0 unspecified atom stereocenters. The van der Waals surface area contributed by atoms with Gasteiger partial charge in [0.2, 0.25) is 0 Å². The first kappa shape index (κ1) is 13.2. The molecule has 0 saturated heterocycles. The van der Waals surface area contributed by atoms with Gasteiger partial charge < -0.3 is 9.84 Å². The van der Waals surface area contributed by atoms with E-state index in [-0.39, 0.29) is 11.8 Å². The number of halogens is 1. The van der Waals surface area contributed by atoms with Crippen LogP contribution in [0, 0.1) is 0 Å². The molecule has 0 radical (unpaired) electrons.